The zero-order chi connectivity index (χ0) is 9.84. The second-order valence-corrected chi connectivity index (χ2v) is 3.16. The number of aromatic carboxylic acids is 1. The Balaban J connectivity index is 3.15. The smallest absolute Gasteiger partial charge is 0.340 e. The fourth-order valence-electron chi connectivity index (χ4n) is 0.873. The highest BCUT2D eigenvalue weighted by Crippen LogP contribution is 2.16. The van der Waals surface area contributed by atoms with E-state index in [4.69, 9.17) is 5.11 Å². The number of aromatic nitrogens is 2. The number of carboxylic acids is 1. The third-order valence-corrected chi connectivity index (χ3v) is 2.24. The van der Waals surface area contributed by atoms with Crippen molar-refractivity contribution in [1.29, 1.82) is 0 Å². The van der Waals surface area contributed by atoms with Gasteiger partial charge in [-0.3, -0.25) is 0 Å². The molecule has 0 aromatic carbocycles. The van der Waals surface area contributed by atoms with Crippen LogP contribution < -0.4 is 0 Å². The number of aryl methyl sites for hydroxylation is 1. The van der Waals surface area contributed by atoms with Crippen molar-refractivity contribution in [3.8, 4) is 0 Å². The Kier molecular flexibility index (Phi) is 3.25. The predicted octanol–water partition coefficient (Wildman–Crippen LogP) is 1.46. The van der Waals surface area contributed by atoms with Gasteiger partial charge in [-0.1, -0.05) is 6.92 Å². The number of hydrogen-bond acceptors (Lipinski definition) is 4. The summed E-state index contributed by atoms with van der Waals surface area (Å²) in [5.74, 6) is -0.304. The van der Waals surface area contributed by atoms with E-state index in [0.29, 0.717) is 17.3 Å². The minimum Gasteiger partial charge on any atom is -0.478 e. The molecule has 0 saturated carbocycles. The summed E-state index contributed by atoms with van der Waals surface area (Å²) >= 11 is 1.32. The number of rotatable bonds is 3. The predicted molar refractivity (Wildman–Crippen MR) is 50.2 cm³/mol. The van der Waals surface area contributed by atoms with Crippen LogP contribution in [0.1, 0.15) is 23.1 Å². The topological polar surface area (TPSA) is 63.1 Å². The van der Waals surface area contributed by atoms with Crippen molar-refractivity contribution >= 4 is 17.7 Å². The lowest BCUT2D eigenvalue weighted by molar-refractivity contribution is 0.0691. The Morgan fingerprint density at radius 1 is 1.69 bits per heavy atom. The van der Waals surface area contributed by atoms with Gasteiger partial charge in [0.1, 0.15) is 16.4 Å². The van der Waals surface area contributed by atoms with Crippen molar-refractivity contribution in [3.05, 3.63) is 17.6 Å². The highest BCUT2D eigenvalue weighted by molar-refractivity contribution is 7.98. The lowest BCUT2D eigenvalue weighted by Gasteiger charge is -2.02. The molecule has 0 radical (unpaired) electrons. The molecule has 1 N–H and O–H groups in total. The molecular weight excluding hydrogens is 188 g/mol. The van der Waals surface area contributed by atoms with Gasteiger partial charge in [0.25, 0.3) is 0 Å². The van der Waals surface area contributed by atoms with Gasteiger partial charge in [-0.05, 0) is 6.26 Å². The van der Waals surface area contributed by atoms with Gasteiger partial charge in [0, 0.05) is 12.6 Å². The van der Waals surface area contributed by atoms with Crippen LogP contribution in [0.5, 0.6) is 0 Å². The largest absolute Gasteiger partial charge is 0.478 e. The molecular formula is C8H10N2O2S. The van der Waals surface area contributed by atoms with E-state index in [1.54, 1.807) is 6.26 Å². The molecule has 13 heavy (non-hydrogen) atoms. The third kappa shape index (κ3) is 2.18. The van der Waals surface area contributed by atoms with Crippen molar-refractivity contribution in [3.63, 3.8) is 0 Å². The fraction of sp³-hybridized carbons (Fsp3) is 0.375. The first-order chi connectivity index (χ1) is 6.19. The zero-order valence-electron chi connectivity index (χ0n) is 7.44. The first-order valence-corrected chi connectivity index (χ1v) is 5.04. The Morgan fingerprint density at radius 2 is 2.38 bits per heavy atom. The van der Waals surface area contributed by atoms with Gasteiger partial charge in [0.05, 0.1) is 0 Å². The summed E-state index contributed by atoms with van der Waals surface area (Å²) in [5.41, 5.74) is 0.171. The SMILES string of the molecule is CCc1ncc(C(=O)O)c(SC)n1. The summed E-state index contributed by atoms with van der Waals surface area (Å²) in [6.07, 6.45) is 3.88. The standard InChI is InChI=1S/C8H10N2O2S/c1-3-6-9-4-5(8(11)12)7(10-6)13-2/h4H,3H2,1-2H3,(H,11,12). The van der Waals surface area contributed by atoms with Crippen molar-refractivity contribution in [2.45, 2.75) is 18.4 Å². The number of thioether (sulfide) groups is 1. The van der Waals surface area contributed by atoms with Gasteiger partial charge in [-0.2, -0.15) is 0 Å². The summed E-state index contributed by atoms with van der Waals surface area (Å²) in [6, 6.07) is 0. The van der Waals surface area contributed by atoms with Crippen molar-refractivity contribution in [1.82, 2.24) is 9.97 Å². The molecule has 1 rings (SSSR count). The summed E-state index contributed by atoms with van der Waals surface area (Å²) < 4.78 is 0. The summed E-state index contributed by atoms with van der Waals surface area (Å²) in [6.45, 7) is 1.93. The molecule has 1 aromatic heterocycles. The van der Waals surface area contributed by atoms with E-state index in [-0.39, 0.29) is 5.56 Å². The molecule has 70 valence electrons. The molecule has 0 atom stereocenters. The van der Waals surface area contributed by atoms with Crippen molar-refractivity contribution in [2.75, 3.05) is 6.26 Å². The van der Waals surface area contributed by atoms with E-state index in [1.165, 1.54) is 18.0 Å². The minimum atomic E-state index is -0.980. The highest BCUT2D eigenvalue weighted by atomic mass is 32.2. The minimum absolute atomic E-state index is 0.171. The molecule has 0 amide bonds. The van der Waals surface area contributed by atoms with E-state index in [0.717, 1.165) is 0 Å². The van der Waals surface area contributed by atoms with E-state index < -0.39 is 5.97 Å². The van der Waals surface area contributed by atoms with E-state index >= 15 is 0 Å². The molecule has 0 aliphatic heterocycles. The Morgan fingerprint density at radius 3 is 2.85 bits per heavy atom. The summed E-state index contributed by atoms with van der Waals surface area (Å²) in [4.78, 5) is 18.7. The van der Waals surface area contributed by atoms with E-state index in [1.807, 2.05) is 6.92 Å². The summed E-state index contributed by atoms with van der Waals surface area (Å²) in [5, 5.41) is 9.29. The molecule has 5 heteroatoms. The van der Waals surface area contributed by atoms with Crippen LogP contribution in [0.2, 0.25) is 0 Å². The third-order valence-electron chi connectivity index (χ3n) is 1.54. The number of carboxylic acid groups (broad SMARTS) is 1. The van der Waals surface area contributed by atoms with Crippen LogP contribution in [0, 0.1) is 0 Å². The van der Waals surface area contributed by atoms with Gasteiger partial charge in [-0.25, -0.2) is 14.8 Å². The van der Waals surface area contributed by atoms with Gasteiger partial charge >= 0.3 is 5.97 Å². The molecule has 0 saturated heterocycles. The van der Waals surface area contributed by atoms with Crippen molar-refractivity contribution < 1.29 is 9.90 Å². The van der Waals surface area contributed by atoms with Crippen LogP contribution in [0.3, 0.4) is 0 Å². The average Bonchev–Trinajstić information content (AvgIpc) is 2.16. The molecule has 0 aliphatic carbocycles. The van der Waals surface area contributed by atoms with Gasteiger partial charge in [0.15, 0.2) is 0 Å². The first-order valence-electron chi connectivity index (χ1n) is 3.82. The average molecular weight is 198 g/mol. The monoisotopic (exact) mass is 198 g/mol. The van der Waals surface area contributed by atoms with Crippen LogP contribution in [0.15, 0.2) is 11.2 Å². The van der Waals surface area contributed by atoms with Crippen molar-refractivity contribution in [2.24, 2.45) is 0 Å². The quantitative estimate of drug-likeness (QED) is 0.588. The van der Waals surface area contributed by atoms with Crippen LogP contribution in [-0.4, -0.2) is 27.3 Å². The van der Waals surface area contributed by atoms with Gasteiger partial charge in [-0.15, -0.1) is 11.8 Å². The number of carbonyl (C=O) groups is 1. The maximum atomic E-state index is 10.7. The van der Waals surface area contributed by atoms with Gasteiger partial charge < -0.3 is 5.11 Å². The molecule has 0 bridgehead atoms. The molecule has 1 aromatic rings. The first kappa shape index (κ1) is 9.98. The Bertz CT molecular complexity index is 328. The number of hydrogen-bond donors (Lipinski definition) is 1. The second-order valence-electron chi connectivity index (χ2n) is 2.37. The van der Waals surface area contributed by atoms with Crippen LogP contribution in [0.4, 0.5) is 0 Å². The van der Waals surface area contributed by atoms with Crippen LogP contribution in [0.25, 0.3) is 0 Å². The molecule has 0 aliphatic rings. The van der Waals surface area contributed by atoms with E-state index in [9.17, 15) is 4.79 Å². The van der Waals surface area contributed by atoms with Crippen LogP contribution in [-0.2, 0) is 6.42 Å². The maximum absolute atomic E-state index is 10.7. The maximum Gasteiger partial charge on any atom is 0.340 e. The lowest BCUT2D eigenvalue weighted by atomic mass is 10.3. The zero-order valence-corrected chi connectivity index (χ0v) is 8.26. The normalized spacial score (nSPS) is 10.0. The molecule has 1 heterocycles. The highest BCUT2D eigenvalue weighted by Gasteiger charge is 2.11. The fourth-order valence-corrected chi connectivity index (χ4v) is 1.43. The molecule has 0 spiro atoms. The molecule has 0 fully saturated rings. The second kappa shape index (κ2) is 4.23. The van der Waals surface area contributed by atoms with Gasteiger partial charge in [0.2, 0.25) is 0 Å². The molecule has 0 unspecified atom stereocenters. The number of nitrogens with zero attached hydrogens (tertiary/aromatic N) is 2. The Hall–Kier alpha value is -1.10. The lowest BCUT2D eigenvalue weighted by Crippen LogP contribution is -2.04. The van der Waals surface area contributed by atoms with Crippen LogP contribution >= 0.6 is 11.8 Å². The molecule has 4 nitrogen and oxygen atoms in total. The summed E-state index contributed by atoms with van der Waals surface area (Å²) in [7, 11) is 0. The van der Waals surface area contributed by atoms with E-state index in [2.05, 4.69) is 9.97 Å². The Labute approximate surface area is 80.4 Å².